The maximum atomic E-state index is 12.5. The second-order valence-corrected chi connectivity index (χ2v) is 7.80. The first-order valence-corrected chi connectivity index (χ1v) is 9.66. The minimum atomic E-state index is -0.0775. The molecule has 0 N–H and O–H groups in total. The number of carbonyl (C=O) groups excluding carboxylic acids is 2. The molecule has 7 nitrogen and oxygen atoms in total. The molecular weight excluding hydrogens is 334 g/mol. The van der Waals surface area contributed by atoms with Crippen LogP contribution in [0, 0.1) is 6.92 Å². The van der Waals surface area contributed by atoms with Gasteiger partial charge in [-0.25, -0.2) is 4.98 Å². The molecule has 0 aliphatic carbocycles. The van der Waals surface area contributed by atoms with Crippen LogP contribution in [-0.2, 0) is 9.53 Å². The highest BCUT2D eigenvalue weighted by atomic mass is 16.5. The molecule has 0 radical (unpaired) electrons. The number of hydrogen-bond donors (Lipinski definition) is 0. The summed E-state index contributed by atoms with van der Waals surface area (Å²) in [4.78, 5) is 32.2. The van der Waals surface area contributed by atoms with Gasteiger partial charge in [0.15, 0.2) is 6.39 Å². The van der Waals surface area contributed by atoms with Crippen molar-refractivity contribution in [3.63, 3.8) is 0 Å². The number of nitrogens with zero attached hydrogens (tertiary/aromatic N) is 3. The molecular formula is C19H27N3O4. The van der Waals surface area contributed by atoms with E-state index in [2.05, 4.69) is 9.88 Å². The Labute approximate surface area is 153 Å². The van der Waals surface area contributed by atoms with Gasteiger partial charge in [-0.15, -0.1) is 0 Å². The third kappa shape index (κ3) is 3.24. The maximum Gasteiger partial charge on any atom is 0.291 e. The summed E-state index contributed by atoms with van der Waals surface area (Å²) in [5, 5.41) is 0. The Morgan fingerprint density at radius 2 is 1.77 bits per heavy atom. The quantitative estimate of drug-likeness (QED) is 0.824. The van der Waals surface area contributed by atoms with Gasteiger partial charge in [0, 0.05) is 32.1 Å². The van der Waals surface area contributed by atoms with E-state index in [0.717, 1.165) is 38.5 Å². The molecule has 0 spiro atoms. The van der Waals surface area contributed by atoms with E-state index >= 15 is 0 Å². The molecule has 142 valence electrons. The Hall–Kier alpha value is -1.89. The summed E-state index contributed by atoms with van der Waals surface area (Å²) in [5.41, 5.74) is 0.640. The number of hydrogen-bond acceptors (Lipinski definition) is 5. The molecule has 3 saturated heterocycles. The Bertz CT molecular complexity index is 666. The average Bonchev–Trinajstić information content (AvgIpc) is 3.16. The molecule has 3 aliphatic rings. The molecule has 1 aromatic rings. The van der Waals surface area contributed by atoms with Crippen molar-refractivity contribution < 1.29 is 18.7 Å². The van der Waals surface area contributed by atoms with Crippen LogP contribution in [0.1, 0.15) is 61.7 Å². The smallest absolute Gasteiger partial charge is 0.291 e. The number of carbonyl (C=O) groups is 2. The monoisotopic (exact) mass is 361 g/mol. The van der Waals surface area contributed by atoms with Crippen molar-refractivity contribution in [2.45, 2.75) is 76.7 Å². The van der Waals surface area contributed by atoms with Gasteiger partial charge in [-0.3, -0.25) is 9.59 Å². The average molecular weight is 361 g/mol. The zero-order chi connectivity index (χ0) is 18.3. The topological polar surface area (TPSA) is 75.9 Å². The first-order chi connectivity index (χ1) is 12.5. The van der Waals surface area contributed by atoms with Crippen molar-refractivity contribution >= 4 is 11.8 Å². The zero-order valence-corrected chi connectivity index (χ0v) is 15.5. The summed E-state index contributed by atoms with van der Waals surface area (Å²) in [6.45, 7) is 4.83. The van der Waals surface area contributed by atoms with Crippen molar-refractivity contribution in [3.8, 4) is 0 Å². The van der Waals surface area contributed by atoms with Gasteiger partial charge in [0.1, 0.15) is 0 Å². The lowest BCUT2D eigenvalue weighted by molar-refractivity contribution is -0.138. The van der Waals surface area contributed by atoms with Gasteiger partial charge < -0.3 is 19.0 Å². The summed E-state index contributed by atoms with van der Waals surface area (Å²) >= 11 is 0. The number of piperidine rings is 2. The minimum absolute atomic E-state index is 0.0775. The highest BCUT2D eigenvalue weighted by molar-refractivity contribution is 5.92. The molecule has 4 heterocycles. The molecule has 26 heavy (non-hydrogen) atoms. The fraction of sp³-hybridized carbons (Fsp3) is 0.737. The molecule has 2 amide bonds. The third-order valence-electron chi connectivity index (χ3n) is 6.11. The first kappa shape index (κ1) is 17.5. The number of ether oxygens (including phenoxy) is 1. The second-order valence-electron chi connectivity index (χ2n) is 7.80. The third-order valence-corrected chi connectivity index (χ3v) is 6.11. The molecule has 3 fully saturated rings. The Morgan fingerprint density at radius 3 is 2.31 bits per heavy atom. The highest BCUT2D eigenvalue weighted by Crippen LogP contribution is 2.37. The lowest BCUT2D eigenvalue weighted by Gasteiger charge is -2.40. The highest BCUT2D eigenvalue weighted by Gasteiger charge is 2.43. The Balaban J connectivity index is 1.28. The summed E-state index contributed by atoms with van der Waals surface area (Å²) in [6, 6.07) is 0.708. The van der Waals surface area contributed by atoms with Gasteiger partial charge in [0.05, 0.1) is 17.9 Å². The van der Waals surface area contributed by atoms with E-state index in [1.807, 2.05) is 4.90 Å². The number of fused-ring (bicyclic) bond motifs is 2. The van der Waals surface area contributed by atoms with Crippen molar-refractivity contribution in [1.29, 1.82) is 0 Å². The van der Waals surface area contributed by atoms with Crippen molar-refractivity contribution in [3.05, 3.63) is 17.8 Å². The van der Waals surface area contributed by atoms with E-state index < -0.39 is 0 Å². The number of amides is 2. The first-order valence-electron chi connectivity index (χ1n) is 9.66. The molecule has 3 atom stereocenters. The van der Waals surface area contributed by atoms with Gasteiger partial charge in [0.2, 0.25) is 11.7 Å². The van der Waals surface area contributed by atoms with Crippen LogP contribution in [0.4, 0.5) is 0 Å². The molecule has 3 aliphatic heterocycles. The summed E-state index contributed by atoms with van der Waals surface area (Å²) < 4.78 is 11.6. The number of likely N-dealkylation sites (tertiary alicyclic amines) is 1. The van der Waals surface area contributed by atoms with Crippen LogP contribution < -0.4 is 0 Å². The van der Waals surface area contributed by atoms with E-state index in [4.69, 9.17) is 9.15 Å². The molecule has 2 bridgehead atoms. The van der Waals surface area contributed by atoms with Crippen LogP contribution in [0.5, 0.6) is 0 Å². The van der Waals surface area contributed by atoms with Gasteiger partial charge in [0.25, 0.3) is 5.91 Å². The summed E-state index contributed by atoms with van der Waals surface area (Å²) in [7, 11) is 0. The van der Waals surface area contributed by atoms with Gasteiger partial charge in [-0.2, -0.15) is 0 Å². The van der Waals surface area contributed by atoms with E-state index in [1.165, 1.54) is 6.39 Å². The molecule has 7 heteroatoms. The normalized spacial score (nSPS) is 29.2. The zero-order valence-electron chi connectivity index (χ0n) is 15.5. The lowest BCUT2D eigenvalue weighted by atomic mass is 9.98. The van der Waals surface area contributed by atoms with Crippen LogP contribution in [0.15, 0.2) is 10.8 Å². The van der Waals surface area contributed by atoms with E-state index in [0.29, 0.717) is 36.6 Å². The molecule has 0 saturated carbocycles. The van der Waals surface area contributed by atoms with Gasteiger partial charge in [-0.1, -0.05) is 0 Å². The van der Waals surface area contributed by atoms with Gasteiger partial charge in [-0.05, 0) is 45.4 Å². The predicted molar refractivity (Wildman–Crippen MR) is 93.6 cm³/mol. The van der Waals surface area contributed by atoms with Crippen molar-refractivity contribution in [2.24, 2.45) is 0 Å². The maximum absolute atomic E-state index is 12.5. The Morgan fingerprint density at radius 1 is 1.12 bits per heavy atom. The van der Waals surface area contributed by atoms with E-state index in [-0.39, 0.29) is 24.0 Å². The Kier molecular flexibility index (Phi) is 4.73. The fourth-order valence-corrected chi connectivity index (χ4v) is 4.87. The van der Waals surface area contributed by atoms with Crippen LogP contribution in [0.25, 0.3) is 0 Å². The van der Waals surface area contributed by atoms with Gasteiger partial charge >= 0.3 is 0 Å². The number of oxazole rings is 1. The fourth-order valence-electron chi connectivity index (χ4n) is 4.87. The predicted octanol–water partition coefficient (Wildman–Crippen LogP) is 2.15. The van der Waals surface area contributed by atoms with Crippen molar-refractivity contribution in [2.75, 3.05) is 13.1 Å². The minimum Gasteiger partial charge on any atom is -0.438 e. The summed E-state index contributed by atoms with van der Waals surface area (Å²) in [6.07, 6.45) is 7.57. The van der Waals surface area contributed by atoms with E-state index in [9.17, 15) is 9.59 Å². The largest absolute Gasteiger partial charge is 0.438 e. The summed E-state index contributed by atoms with van der Waals surface area (Å²) in [5.74, 6) is 0.467. The molecule has 0 aromatic carbocycles. The van der Waals surface area contributed by atoms with Crippen LogP contribution >= 0.6 is 0 Å². The molecule has 1 unspecified atom stereocenters. The number of rotatable bonds is 3. The number of aromatic nitrogens is 1. The molecule has 1 aromatic heterocycles. The van der Waals surface area contributed by atoms with Crippen molar-refractivity contribution in [1.82, 2.24) is 14.8 Å². The van der Waals surface area contributed by atoms with Crippen LogP contribution in [-0.4, -0.2) is 64.0 Å². The SMILES string of the molecule is CC(=O)N1[C@@H]2CC[C@H]1CC(OC1CCN(C(=O)c3ocnc3C)CC1)C2. The van der Waals surface area contributed by atoms with Crippen LogP contribution in [0.2, 0.25) is 0 Å². The molecule has 4 rings (SSSR count). The second kappa shape index (κ2) is 7.02. The number of aryl methyl sites for hydroxylation is 1. The lowest BCUT2D eigenvalue weighted by Crippen LogP contribution is -2.49. The standard InChI is InChI=1S/C19H27N3O4/c1-12-18(25-11-20-12)19(24)21-7-5-16(6-8-21)26-17-9-14-3-4-15(10-17)22(14)13(2)23/h11,14-17H,3-10H2,1-2H3/t14-,15+,17?. The van der Waals surface area contributed by atoms with Crippen LogP contribution in [0.3, 0.4) is 0 Å². The van der Waals surface area contributed by atoms with E-state index in [1.54, 1.807) is 13.8 Å².